The van der Waals surface area contributed by atoms with Gasteiger partial charge in [0.25, 0.3) is 5.91 Å². The quantitative estimate of drug-likeness (QED) is 0.660. The van der Waals surface area contributed by atoms with E-state index in [-0.39, 0.29) is 17.8 Å². The van der Waals surface area contributed by atoms with Gasteiger partial charge in [-0.05, 0) is 63.0 Å². The molecule has 0 spiro atoms. The SMILES string of the molecule is CC(CN1CCC(c2noc3cc(F)ccc23)CC1)N1CCc2cccnc2C1=O. The van der Waals surface area contributed by atoms with Crippen LogP contribution < -0.4 is 0 Å². The normalized spacial score (nSPS) is 19.3. The number of aromatic nitrogens is 2. The smallest absolute Gasteiger partial charge is 0.273 e. The van der Waals surface area contributed by atoms with Gasteiger partial charge in [-0.15, -0.1) is 0 Å². The summed E-state index contributed by atoms with van der Waals surface area (Å²) in [7, 11) is 0. The molecule has 1 atom stereocenters. The molecule has 30 heavy (non-hydrogen) atoms. The maximum Gasteiger partial charge on any atom is 0.273 e. The van der Waals surface area contributed by atoms with E-state index in [2.05, 4.69) is 22.0 Å². The molecule has 1 unspecified atom stereocenters. The summed E-state index contributed by atoms with van der Waals surface area (Å²) in [6, 6.07) is 8.64. The lowest BCUT2D eigenvalue weighted by Crippen LogP contribution is -2.49. The van der Waals surface area contributed by atoms with Crippen molar-refractivity contribution in [1.29, 1.82) is 0 Å². The maximum absolute atomic E-state index is 13.4. The molecule has 4 heterocycles. The third kappa shape index (κ3) is 3.47. The van der Waals surface area contributed by atoms with Gasteiger partial charge in [-0.2, -0.15) is 0 Å². The number of hydrogen-bond donors (Lipinski definition) is 0. The standard InChI is InChI=1S/C23H25FN4O2/c1-15(28-12-8-16-3-2-9-25-22(16)23(28)29)14-27-10-6-17(7-11-27)21-19-5-4-18(24)13-20(19)30-26-21/h2-5,9,13,15,17H,6-8,10-12,14H2,1H3. The minimum atomic E-state index is -0.306. The van der Waals surface area contributed by atoms with Crippen LogP contribution >= 0.6 is 0 Å². The number of benzene rings is 1. The number of pyridine rings is 1. The summed E-state index contributed by atoms with van der Waals surface area (Å²) in [6.07, 6.45) is 4.51. The lowest BCUT2D eigenvalue weighted by Gasteiger charge is -2.38. The van der Waals surface area contributed by atoms with E-state index in [9.17, 15) is 9.18 Å². The summed E-state index contributed by atoms with van der Waals surface area (Å²) in [5.41, 5.74) is 3.10. The number of piperidine rings is 1. The summed E-state index contributed by atoms with van der Waals surface area (Å²) in [5.74, 6) is 0.0515. The predicted octanol–water partition coefficient (Wildman–Crippen LogP) is 3.63. The largest absolute Gasteiger partial charge is 0.356 e. The van der Waals surface area contributed by atoms with E-state index < -0.39 is 0 Å². The summed E-state index contributed by atoms with van der Waals surface area (Å²) in [4.78, 5) is 21.5. The summed E-state index contributed by atoms with van der Waals surface area (Å²) in [6.45, 7) is 5.61. The lowest BCUT2D eigenvalue weighted by molar-refractivity contribution is 0.0604. The highest BCUT2D eigenvalue weighted by Gasteiger charge is 2.31. The first-order chi connectivity index (χ1) is 14.6. The average molecular weight is 408 g/mol. The van der Waals surface area contributed by atoms with Crippen LogP contribution in [0.1, 0.15) is 47.4 Å². The fourth-order valence-electron chi connectivity index (χ4n) is 4.82. The number of halogens is 1. The van der Waals surface area contributed by atoms with Crippen LogP contribution in [0.5, 0.6) is 0 Å². The zero-order valence-corrected chi connectivity index (χ0v) is 17.1. The van der Waals surface area contributed by atoms with Crippen LogP contribution in [0.4, 0.5) is 4.39 Å². The third-order valence-electron chi connectivity index (χ3n) is 6.47. The molecule has 1 saturated heterocycles. The Labute approximate surface area is 174 Å². The van der Waals surface area contributed by atoms with Gasteiger partial charge < -0.3 is 14.3 Å². The number of hydrogen-bond acceptors (Lipinski definition) is 5. The fourth-order valence-corrected chi connectivity index (χ4v) is 4.82. The molecular formula is C23H25FN4O2. The van der Waals surface area contributed by atoms with Gasteiger partial charge in [0.15, 0.2) is 5.58 Å². The van der Waals surface area contributed by atoms with Crippen LogP contribution in [-0.4, -0.2) is 58.1 Å². The van der Waals surface area contributed by atoms with E-state index in [1.54, 1.807) is 12.3 Å². The van der Waals surface area contributed by atoms with E-state index in [1.165, 1.54) is 12.1 Å². The van der Waals surface area contributed by atoms with Crippen LogP contribution in [0.2, 0.25) is 0 Å². The number of carbonyl (C=O) groups excluding carboxylic acids is 1. The topological polar surface area (TPSA) is 62.5 Å². The van der Waals surface area contributed by atoms with Gasteiger partial charge in [0.1, 0.15) is 11.5 Å². The van der Waals surface area contributed by atoms with Crippen molar-refractivity contribution in [2.45, 2.75) is 38.1 Å². The molecule has 2 aromatic heterocycles. The number of likely N-dealkylation sites (tertiary alicyclic amines) is 1. The molecular weight excluding hydrogens is 383 g/mol. The Hall–Kier alpha value is -2.80. The lowest BCUT2D eigenvalue weighted by atomic mass is 9.91. The minimum Gasteiger partial charge on any atom is -0.356 e. The predicted molar refractivity (Wildman–Crippen MR) is 111 cm³/mol. The van der Waals surface area contributed by atoms with Crippen LogP contribution in [0.15, 0.2) is 41.1 Å². The van der Waals surface area contributed by atoms with E-state index in [1.807, 2.05) is 17.0 Å². The van der Waals surface area contributed by atoms with Crippen molar-refractivity contribution in [3.8, 4) is 0 Å². The molecule has 2 aliphatic heterocycles. The van der Waals surface area contributed by atoms with Gasteiger partial charge >= 0.3 is 0 Å². The van der Waals surface area contributed by atoms with Gasteiger partial charge in [-0.3, -0.25) is 9.78 Å². The number of fused-ring (bicyclic) bond motifs is 2. The van der Waals surface area contributed by atoms with Gasteiger partial charge in [-0.1, -0.05) is 11.2 Å². The van der Waals surface area contributed by atoms with Crippen LogP contribution in [0.25, 0.3) is 11.0 Å². The first kappa shape index (κ1) is 19.2. The van der Waals surface area contributed by atoms with Crippen molar-refractivity contribution in [1.82, 2.24) is 19.9 Å². The second kappa shape index (κ2) is 7.80. The third-order valence-corrected chi connectivity index (χ3v) is 6.47. The second-order valence-corrected chi connectivity index (χ2v) is 8.39. The zero-order valence-electron chi connectivity index (χ0n) is 17.1. The fraction of sp³-hybridized carbons (Fsp3) is 0.435. The minimum absolute atomic E-state index is 0.0422. The molecule has 1 aromatic carbocycles. The van der Waals surface area contributed by atoms with E-state index in [0.717, 1.165) is 62.1 Å². The summed E-state index contributed by atoms with van der Waals surface area (Å²) < 4.78 is 18.7. The Morgan fingerprint density at radius 3 is 2.90 bits per heavy atom. The Kier molecular flexibility index (Phi) is 4.98. The highest BCUT2D eigenvalue weighted by atomic mass is 19.1. The maximum atomic E-state index is 13.4. The number of amides is 1. The molecule has 1 amide bonds. The van der Waals surface area contributed by atoms with E-state index in [4.69, 9.17) is 4.52 Å². The first-order valence-electron chi connectivity index (χ1n) is 10.6. The molecule has 0 saturated carbocycles. The molecule has 5 rings (SSSR count). The van der Waals surface area contributed by atoms with E-state index in [0.29, 0.717) is 17.2 Å². The van der Waals surface area contributed by atoms with Crippen LogP contribution in [0.3, 0.4) is 0 Å². The van der Waals surface area contributed by atoms with Gasteiger partial charge in [0, 0.05) is 42.7 Å². The second-order valence-electron chi connectivity index (χ2n) is 8.39. The van der Waals surface area contributed by atoms with Crippen molar-refractivity contribution < 1.29 is 13.7 Å². The number of nitrogens with zero attached hydrogens (tertiary/aromatic N) is 4. The molecule has 2 aliphatic rings. The Morgan fingerprint density at radius 2 is 2.07 bits per heavy atom. The zero-order chi connectivity index (χ0) is 20.7. The van der Waals surface area contributed by atoms with Gasteiger partial charge in [0.2, 0.25) is 0 Å². The van der Waals surface area contributed by atoms with Crippen molar-refractivity contribution in [3.05, 3.63) is 59.3 Å². The molecule has 3 aromatic rings. The average Bonchev–Trinajstić information content (AvgIpc) is 3.17. The molecule has 1 fully saturated rings. The van der Waals surface area contributed by atoms with Crippen molar-refractivity contribution in [3.63, 3.8) is 0 Å². The Morgan fingerprint density at radius 1 is 1.23 bits per heavy atom. The monoisotopic (exact) mass is 408 g/mol. The van der Waals surface area contributed by atoms with Crippen molar-refractivity contribution >= 4 is 16.9 Å². The first-order valence-corrected chi connectivity index (χ1v) is 10.6. The Balaban J connectivity index is 1.21. The Bertz CT molecular complexity index is 1070. The van der Waals surface area contributed by atoms with Gasteiger partial charge in [-0.25, -0.2) is 4.39 Å². The molecule has 156 valence electrons. The van der Waals surface area contributed by atoms with Crippen molar-refractivity contribution in [2.24, 2.45) is 0 Å². The highest BCUT2D eigenvalue weighted by Crippen LogP contribution is 2.33. The van der Waals surface area contributed by atoms with Crippen LogP contribution in [0, 0.1) is 5.82 Å². The van der Waals surface area contributed by atoms with Crippen molar-refractivity contribution in [2.75, 3.05) is 26.2 Å². The molecule has 0 aliphatic carbocycles. The number of carbonyl (C=O) groups is 1. The molecule has 0 bridgehead atoms. The van der Waals surface area contributed by atoms with E-state index >= 15 is 0 Å². The molecule has 0 N–H and O–H groups in total. The number of rotatable bonds is 4. The molecule has 0 radical (unpaired) electrons. The highest BCUT2D eigenvalue weighted by molar-refractivity contribution is 5.95. The van der Waals surface area contributed by atoms with Gasteiger partial charge in [0.05, 0.1) is 5.69 Å². The molecule has 7 heteroatoms. The van der Waals surface area contributed by atoms with Crippen LogP contribution in [-0.2, 0) is 6.42 Å². The molecule has 6 nitrogen and oxygen atoms in total. The summed E-state index contributed by atoms with van der Waals surface area (Å²) >= 11 is 0. The summed E-state index contributed by atoms with van der Waals surface area (Å²) in [5, 5.41) is 5.14.